The van der Waals surface area contributed by atoms with E-state index in [-0.39, 0.29) is 133 Å². The van der Waals surface area contributed by atoms with Crippen LogP contribution in [-0.2, 0) is 25.0 Å². The summed E-state index contributed by atoms with van der Waals surface area (Å²) in [5, 5.41) is 18.9. The number of rotatable bonds is 20. The second-order valence-electron chi connectivity index (χ2n) is 13.7. The number of aromatic nitrogens is 2. The summed E-state index contributed by atoms with van der Waals surface area (Å²) in [6, 6.07) is 12.2. The molecule has 0 aliphatic heterocycles. The molecule has 1 aromatic heterocycles. The number of amides is 3. The zero-order chi connectivity index (χ0) is 44.4. The number of benzene rings is 3. The first-order chi connectivity index (χ1) is 28.3. The van der Waals surface area contributed by atoms with Gasteiger partial charge in [0.05, 0.1) is 36.4 Å². The maximum Gasteiger partial charge on any atom is 1.00 e. The first kappa shape index (κ1) is 55.2. The number of unbranched alkanes of at least 4 members (excludes halogenated alkanes) is 2. The van der Waals surface area contributed by atoms with Crippen molar-refractivity contribution in [3.8, 4) is 5.69 Å². The second-order valence-corrected chi connectivity index (χ2v) is 17.4. The number of nitrogens with one attached hydrogen (secondary N) is 2. The maximum absolute atomic E-state index is 14.4. The Hall–Kier alpha value is -2.92. The molecule has 324 valence electrons. The van der Waals surface area contributed by atoms with Crippen molar-refractivity contribution >= 4 is 89.7 Å². The van der Waals surface area contributed by atoms with Gasteiger partial charge in [0, 0.05) is 55.8 Å². The van der Waals surface area contributed by atoms with Gasteiger partial charge in [0.25, 0.3) is 11.8 Å². The van der Waals surface area contributed by atoms with E-state index >= 15 is 0 Å². The molecule has 3 aromatic carbocycles. The predicted octanol–water partition coefficient (Wildman–Crippen LogP) is 1.83. The minimum Gasteiger partial charge on any atom is -0.748 e. The number of azo groups is 1. The molecule has 4 aromatic rings. The van der Waals surface area contributed by atoms with Gasteiger partial charge in [-0.3, -0.25) is 14.4 Å². The van der Waals surface area contributed by atoms with Crippen molar-refractivity contribution in [2.45, 2.75) is 71.6 Å². The molecule has 3 amide bonds. The molecule has 23 heteroatoms. The van der Waals surface area contributed by atoms with E-state index < -0.39 is 42.7 Å². The van der Waals surface area contributed by atoms with Gasteiger partial charge in [0.2, 0.25) is 5.91 Å². The van der Waals surface area contributed by atoms with Gasteiger partial charge < -0.3 is 29.5 Å². The van der Waals surface area contributed by atoms with E-state index in [2.05, 4.69) is 26.0 Å². The van der Waals surface area contributed by atoms with Crippen molar-refractivity contribution < 1.29 is 99.4 Å². The van der Waals surface area contributed by atoms with Crippen LogP contribution in [-0.4, -0.2) is 90.3 Å². The summed E-state index contributed by atoms with van der Waals surface area (Å²) in [5.41, 5.74) is 1.51. The molecule has 2 N–H and O–H groups in total. The molecular formula is C39H46Cl2N8Na2O9S2. The third-order valence-corrected chi connectivity index (χ3v) is 11.3. The van der Waals surface area contributed by atoms with E-state index in [9.17, 15) is 40.3 Å². The largest absolute Gasteiger partial charge is 1.00 e. The second kappa shape index (κ2) is 25.0. The third kappa shape index (κ3) is 15.4. The average molecular weight is 952 g/mol. The van der Waals surface area contributed by atoms with Crippen LogP contribution in [0.5, 0.6) is 0 Å². The summed E-state index contributed by atoms with van der Waals surface area (Å²) in [6.07, 6.45) is 3.26. The number of anilines is 3. The number of hydrogen-bond donors (Lipinski definition) is 2. The number of aryl methyl sites for hydroxylation is 1. The van der Waals surface area contributed by atoms with Crippen LogP contribution in [0.4, 0.5) is 28.6 Å². The molecule has 0 spiro atoms. The summed E-state index contributed by atoms with van der Waals surface area (Å²) < 4.78 is 69.5. The Kier molecular flexibility index (Phi) is 22.2. The van der Waals surface area contributed by atoms with Crippen molar-refractivity contribution in [1.82, 2.24) is 14.7 Å². The van der Waals surface area contributed by atoms with Gasteiger partial charge in [-0.2, -0.15) is 5.10 Å². The first-order valence-electron chi connectivity index (χ1n) is 19.0. The van der Waals surface area contributed by atoms with Gasteiger partial charge in [0.1, 0.15) is 27.1 Å². The molecule has 0 unspecified atom stereocenters. The van der Waals surface area contributed by atoms with Crippen molar-refractivity contribution in [2.24, 2.45) is 10.2 Å². The van der Waals surface area contributed by atoms with E-state index in [1.54, 1.807) is 30.0 Å². The predicted molar refractivity (Wildman–Crippen MR) is 228 cm³/mol. The Balaban J connectivity index is 0.00000661. The zero-order valence-corrected chi connectivity index (χ0v) is 42.8. The molecular weight excluding hydrogens is 905 g/mol. The van der Waals surface area contributed by atoms with Crippen molar-refractivity contribution in [2.75, 3.05) is 47.5 Å². The Labute approximate surface area is 416 Å². The van der Waals surface area contributed by atoms with Crippen LogP contribution < -0.4 is 74.6 Å². The summed E-state index contributed by atoms with van der Waals surface area (Å²) in [5.74, 6) is -2.11. The molecule has 0 aliphatic rings. The molecule has 0 radical (unpaired) electrons. The first-order valence-corrected chi connectivity index (χ1v) is 22.8. The van der Waals surface area contributed by atoms with E-state index in [1.165, 1.54) is 35.9 Å². The van der Waals surface area contributed by atoms with Crippen molar-refractivity contribution in [3.63, 3.8) is 0 Å². The van der Waals surface area contributed by atoms with E-state index in [0.717, 1.165) is 37.8 Å². The molecule has 0 bridgehead atoms. The SMILES string of the molecule is CCCCN(CCCC)C(=O)c1c(C)nn(-c2c(Cl)cc(NC(=O)c3cccc(S(=O)(=O)[O-])c3)cc2Cl)c1N=Nc1ccc(N(CC)CCCS(=O)(=O)[O-])cc1NC(C)=O.[Na+].[Na+]. The van der Waals surface area contributed by atoms with Crippen LogP contribution >= 0.6 is 23.2 Å². The van der Waals surface area contributed by atoms with Crippen LogP contribution in [0.1, 0.15) is 86.2 Å². The Morgan fingerprint density at radius 3 is 2.02 bits per heavy atom. The minimum atomic E-state index is -4.82. The maximum atomic E-state index is 14.4. The number of carbonyl (C=O) groups excluding carboxylic acids is 3. The molecule has 62 heavy (non-hydrogen) atoms. The number of halogens is 2. The summed E-state index contributed by atoms with van der Waals surface area (Å²) in [7, 11) is -9.23. The van der Waals surface area contributed by atoms with Crippen LogP contribution in [0.25, 0.3) is 5.69 Å². The van der Waals surface area contributed by atoms with Gasteiger partial charge in [0.15, 0.2) is 5.82 Å². The number of hydrogen-bond acceptors (Lipinski definition) is 13. The van der Waals surface area contributed by atoms with E-state index in [0.29, 0.717) is 25.3 Å². The van der Waals surface area contributed by atoms with Gasteiger partial charge in [-0.05, 0) is 81.6 Å². The number of carbonyl (C=O) groups is 3. The Bertz CT molecular complexity index is 2460. The monoisotopic (exact) mass is 950 g/mol. The standard InChI is InChI=1S/C39H48Cl2N8O9S2.2Na/c1-6-9-17-48(18-10-7-2)39(52)35-25(4)46-49(36-31(40)22-28(23-32(36)41)43-38(51)27-13-11-14-30(21-27)60(56,57)58)37(35)45-44-33-16-15-29(24-34(33)42-26(5)50)47(8-3)19-12-20-59(53,54)55;;/h11,13-16,21-24H,6-10,12,17-20H2,1-5H3,(H,42,50)(H,43,51)(H,53,54,55)(H,56,57,58);;/q;2*+1/p-2. The van der Waals surface area contributed by atoms with Gasteiger partial charge >= 0.3 is 59.1 Å². The van der Waals surface area contributed by atoms with Crippen molar-refractivity contribution in [3.05, 3.63) is 81.5 Å². The molecule has 0 saturated carbocycles. The molecule has 0 saturated heterocycles. The molecule has 0 aliphatic carbocycles. The van der Waals surface area contributed by atoms with Gasteiger partial charge in [-0.15, -0.1) is 10.2 Å². The summed E-state index contributed by atoms with van der Waals surface area (Å²) >= 11 is 13.7. The van der Waals surface area contributed by atoms with Crippen LogP contribution in [0.3, 0.4) is 0 Å². The smallest absolute Gasteiger partial charge is 0.748 e. The fourth-order valence-electron chi connectivity index (χ4n) is 6.12. The van der Waals surface area contributed by atoms with E-state index in [4.69, 9.17) is 23.2 Å². The van der Waals surface area contributed by atoms with Gasteiger partial charge in [-0.25, -0.2) is 21.5 Å². The Morgan fingerprint density at radius 1 is 0.839 bits per heavy atom. The topological polar surface area (TPSA) is 239 Å². The molecule has 0 atom stereocenters. The van der Waals surface area contributed by atoms with Crippen molar-refractivity contribution in [1.29, 1.82) is 0 Å². The Morgan fingerprint density at radius 2 is 1.47 bits per heavy atom. The fourth-order valence-corrected chi connectivity index (χ4v) is 7.77. The quantitative estimate of drug-likeness (QED) is 0.0736. The fraction of sp³-hybridized carbons (Fsp3) is 0.385. The summed E-state index contributed by atoms with van der Waals surface area (Å²) in [4.78, 5) is 42.8. The zero-order valence-electron chi connectivity index (χ0n) is 35.7. The van der Waals surface area contributed by atoms with E-state index in [1.807, 2.05) is 25.7 Å². The molecule has 1 heterocycles. The summed E-state index contributed by atoms with van der Waals surface area (Å²) in [6.45, 7) is 10.5. The van der Waals surface area contributed by atoms with Crippen LogP contribution in [0.2, 0.25) is 10.0 Å². The average Bonchev–Trinajstić information content (AvgIpc) is 3.49. The molecule has 4 rings (SSSR count). The van der Waals surface area contributed by atoms with Crippen LogP contribution in [0.15, 0.2) is 69.7 Å². The third-order valence-electron chi connectivity index (χ3n) is 9.08. The number of nitrogens with zero attached hydrogens (tertiary/aromatic N) is 6. The molecule has 17 nitrogen and oxygen atoms in total. The normalized spacial score (nSPS) is 11.4. The van der Waals surface area contributed by atoms with Crippen LogP contribution in [0, 0.1) is 6.92 Å². The molecule has 0 fully saturated rings. The van der Waals surface area contributed by atoms with Gasteiger partial charge in [-0.1, -0.05) is 56.0 Å². The minimum absolute atomic E-state index is 0.